The van der Waals surface area contributed by atoms with Gasteiger partial charge in [0.25, 0.3) is 0 Å². The van der Waals surface area contributed by atoms with Crippen LogP contribution in [0.15, 0.2) is 66.7 Å². The third-order valence-electron chi connectivity index (χ3n) is 4.34. The van der Waals surface area contributed by atoms with Gasteiger partial charge in [0, 0.05) is 5.92 Å². The van der Waals surface area contributed by atoms with Gasteiger partial charge in [-0.15, -0.1) is 0 Å². The first-order chi connectivity index (χ1) is 11.6. The van der Waals surface area contributed by atoms with Crippen LogP contribution in [-0.4, -0.2) is 16.7 Å². The molecule has 0 unspecified atom stereocenters. The van der Waals surface area contributed by atoms with Crippen LogP contribution in [0.2, 0.25) is 0 Å². The van der Waals surface area contributed by atoms with E-state index in [0.717, 1.165) is 11.1 Å². The van der Waals surface area contributed by atoms with Crippen molar-refractivity contribution in [3.8, 4) is 0 Å². The molecule has 24 heavy (non-hydrogen) atoms. The quantitative estimate of drug-likeness (QED) is 0.759. The lowest BCUT2D eigenvalue weighted by Gasteiger charge is -2.33. The smallest absolute Gasteiger partial charge is 0.336 e. The second-order valence-electron chi connectivity index (χ2n) is 5.88. The Morgan fingerprint density at radius 1 is 1.12 bits per heavy atom. The van der Waals surface area contributed by atoms with Gasteiger partial charge in [-0.05, 0) is 17.5 Å². The minimum Gasteiger partial charge on any atom is -0.479 e. The van der Waals surface area contributed by atoms with Gasteiger partial charge in [-0.1, -0.05) is 86.7 Å². The Balaban J connectivity index is 2.16. The Kier molecular flexibility index (Phi) is 6.33. The molecule has 3 heteroatoms. The molecule has 0 aliphatic carbocycles. The summed E-state index contributed by atoms with van der Waals surface area (Å²) in [4.78, 5) is 12.0. The van der Waals surface area contributed by atoms with E-state index in [-0.39, 0.29) is 12.5 Å². The number of benzene rings is 2. The van der Waals surface area contributed by atoms with Crippen molar-refractivity contribution in [2.75, 3.05) is 0 Å². The minimum atomic E-state index is -1.23. The van der Waals surface area contributed by atoms with E-state index < -0.39 is 11.6 Å². The molecular weight excluding hydrogens is 300 g/mol. The molecule has 126 valence electrons. The van der Waals surface area contributed by atoms with Gasteiger partial charge in [0.2, 0.25) is 0 Å². The average molecular weight is 324 g/mol. The lowest BCUT2D eigenvalue weighted by atomic mass is 9.85. The molecule has 0 aliphatic rings. The number of hydrogen-bond donors (Lipinski definition) is 1. The van der Waals surface area contributed by atoms with Crippen molar-refractivity contribution >= 4 is 12.0 Å². The Morgan fingerprint density at radius 2 is 1.71 bits per heavy atom. The van der Waals surface area contributed by atoms with E-state index in [1.807, 2.05) is 86.7 Å². The highest BCUT2D eigenvalue weighted by Gasteiger charge is 2.42. The molecule has 0 amide bonds. The predicted octanol–water partition coefficient (Wildman–Crippen LogP) is 4.79. The summed E-state index contributed by atoms with van der Waals surface area (Å²) >= 11 is 0. The molecule has 2 aromatic carbocycles. The van der Waals surface area contributed by atoms with E-state index in [9.17, 15) is 9.90 Å². The van der Waals surface area contributed by atoms with Crippen LogP contribution in [0.4, 0.5) is 0 Å². The Bertz CT molecular complexity index is 664. The van der Waals surface area contributed by atoms with Crippen LogP contribution < -0.4 is 0 Å². The van der Waals surface area contributed by atoms with Gasteiger partial charge >= 0.3 is 5.97 Å². The summed E-state index contributed by atoms with van der Waals surface area (Å²) in [5, 5.41) is 9.81. The fourth-order valence-corrected chi connectivity index (χ4v) is 2.72. The van der Waals surface area contributed by atoms with Gasteiger partial charge in [0.05, 0.1) is 6.61 Å². The number of rotatable bonds is 8. The fraction of sp³-hybridized carbons (Fsp3) is 0.286. The summed E-state index contributed by atoms with van der Waals surface area (Å²) in [6.45, 7) is 4.03. The van der Waals surface area contributed by atoms with Crippen molar-refractivity contribution in [2.24, 2.45) is 5.92 Å². The largest absolute Gasteiger partial charge is 0.479 e. The third-order valence-corrected chi connectivity index (χ3v) is 4.34. The van der Waals surface area contributed by atoms with Crippen molar-refractivity contribution in [3.63, 3.8) is 0 Å². The maximum Gasteiger partial charge on any atom is 0.336 e. The summed E-state index contributed by atoms with van der Waals surface area (Å²) < 4.78 is 5.93. The van der Waals surface area contributed by atoms with Crippen LogP contribution in [0.3, 0.4) is 0 Å². The van der Waals surface area contributed by atoms with Crippen LogP contribution in [0.1, 0.15) is 31.4 Å². The fourth-order valence-electron chi connectivity index (χ4n) is 2.72. The molecular formula is C21H24O3. The normalized spacial score (nSPS) is 15.1. The van der Waals surface area contributed by atoms with Gasteiger partial charge < -0.3 is 9.84 Å². The molecule has 0 fully saturated rings. The molecule has 0 radical (unpaired) electrons. The van der Waals surface area contributed by atoms with Crippen molar-refractivity contribution < 1.29 is 14.6 Å². The van der Waals surface area contributed by atoms with Crippen LogP contribution >= 0.6 is 0 Å². The van der Waals surface area contributed by atoms with Gasteiger partial charge in [0.15, 0.2) is 5.60 Å². The first-order valence-electron chi connectivity index (χ1n) is 8.23. The summed E-state index contributed by atoms with van der Waals surface area (Å²) in [6.07, 6.45) is 4.26. The van der Waals surface area contributed by atoms with Crippen LogP contribution in [0, 0.1) is 5.92 Å². The SMILES string of the molecule is CC[C@@](OCc1ccccc1)(C(=O)O)[C@@H](C)/C=C/c1ccccc1. The molecule has 1 N–H and O–H groups in total. The van der Waals surface area contributed by atoms with Crippen molar-refractivity contribution in [3.05, 3.63) is 77.9 Å². The molecule has 0 bridgehead atoms. The second-order valence-corrected chi connectivity index (χ2v) is 5.88. The van der Waals surface area contributed by atoms with Gasteiger partial charge in [-0.2, -0.15) is 0 Å². The molecule has 2 rings (SSSR count). The minimum absolute atomic E-state index is 0.260. The number of carboxylic acid groups (broad SMARTS) is 1. The molecule has 2 atom stereocenters. The van der Waals surface area contributed by atoms with E-state index in [4.69, 9.17) is 4.74 Å². The predicted molar refractivity (Wildman–Crippen MR) is 96.5 cm³/mol. The Labute approximate surface area is 143 Å². The second kappa shape index (κ2) is 8.46. The first-order valence-corrected chi connectivity index (χ1v) is 8.23. The van der Waals surface area contributed by atoms with Crippen molar-refractivity contribution in [1.82, 2.24) is 0 Å². The molecule has 0 aliphatic heterocycles. The lowest BCUT2D eigenvalue weighted by Crippen LogP contribution is -2.46. The van der Waals surface area contributed by atoms with E-state index in [1.165, 1.54) is 0 Å². The number of ether oxygens (including phenoxy) is 1. The summed E-state index contributed by atoms with van der Waals surface area (Å²) in [5.74, 6) is -1.19. The molecule has 0 aromatic heterocycles. The third kappa shape index (κ3) is 4.33. The van der Waals surface area contributed by atoms with Gasteiger partial charge in [-0.3, -0.25) is 0 Å². The monoisotopic (exact) mass is 324 g/mol. The van der Waals surface area contributed by atoms with Crippen molar-refractivity contribution in [2.45, 2.75) is 32.5 Å². The highest BCUT2D eigenvalue weighted by Crippen LogP contribution is 2.29. The number of hydrogen-bond acceptors (Lipinski definition) is 2. The van der Waals surface area contributed by atoms with Crippen LogP contribution in [0.25, 0.3) is 6.08 Å². The maximum atomic E-state index is 12.0. The van der Waals surface area contributed by atoms with Crippen LogP contribution in [0.5, 0.6) is 0 Å². The van der Waals surface area contributed by atoms with E-state index in [1.54, 1.807) is 0 Å². The molecule has 0 heterocycles. The molecule has 3 nitrogen and oxygen atoms in total. The lowest BCUT2D eigenvalue weighted by molar-refractivity contribution is -0.174. The van der Waals surface area contributed by atoms with Crippen molar-refractivity contribution in [1.29, 1.82) is 0 Å². The highest BCUT2D eigenvalue weighted by molar-refractivity contribution is 5.78. The van der Waals surface area contributed by atoms with Gasteiger partial charge in [-0.25, -0.2) is 4.79 Å². The zero-order valence-corrected chi connectivity index (χ0v) is 14.2. The molecule has 0 saturated heterocycles. The van der Waals surface area contributed by atoms with E-state index in [0.29, 0.717) is 6.42 Å². The summed E-state index contributed by atoms with van der Waals surface area (Å²) in [6, 6.07) is 19.5. The Morgan fingerprint density at radius 3 is 2.25 bits per heavy atom. The molecule has 0 saturated carbocycles. The average Bonchev–Trinajstić information content (AvgIpc) is 2.62. The first kappa shape index (κ1) is 18.0. The topological polar surface area (TPSA) is 46.5 Å². The number of carboxylic acids is 1. The van der Waals surface area contributed by atoms with Gasteiger partial charge in [0.1, 0.15) is 0 Å². The number of carbonyl (C=O) groups is 1. The summed E-state index contributed by atoms with van der Waals surface area (Å²) in [5.41, 5.74) is 0.778. The van der Waals surface area contributed by atoms with E-state index in [2.05, 4.69) is 0 Å². The zero-order valence-electron chi connectivity index (χ0n) is 14.2. The molecule has 2 aromatic rings. The Hall–Kier alpha value is -2.39. The molecule has 0 spiro atoms. The summed E-state index contributed by atoms with van der Waals surface area (Å²) in [7, 11) is 0. The standard InChI is InChI=1S/C21H24O3/c1-3-21(20(22)23,24-16-19-12-8-5-9-13-19)17(2)14-15-18-10-6-4-7-11-18/h4-15,17H,3,16H2,1-2H3,(H,22,23)/b15-14+/t17-,21-/m0/s1. The highest BCUT2D eigenvalue weighted by atomic mass is 16.5. The number of aliphatic carboxylic acids is 1. The maximum absolute atomic E-state index is 12.0. The van der Waals surface area contributed by atoms with E-state index >= 15 is 0 Å². The van der Waals surface area contributed by atoms with Crippen LogP contribution in [-0.2, 0) is 16.1 Å². The zero-order chi connectivity index (χ0) is 17.4.